The molecule has 2 N–H and O–H groups in total. The van der Waals surface area contributed by atoms with Crippen LogP contribution >= 0.6 is 0 Å². The molecule has 12 nitrogen and oxygen atoms in total. The quantitative estimate of drug-likeness (QED) is 0.475. The fraction of sp³-hybridized carbons (Fsp3) is 0.650. The summed E-state index contributed by atoms with van der Waals surface area (Å²) in [5.41, 5.74) is 0.174. The molecule has 1 unspecified atom stereocenters. The topological polar surface area (TPSA) is 142 Å². The number of hydroxylamine groups is 2. The predicted octanol–water partition coefficient (Wildman–Crippen LogP) is 1.29. The average molecular weight is 490 g/mol. The highest BCUT2D eigenvalue weighted by Gasteiger charge is 2.66. The fourth-order valence-corrected chi connectivity index (χ4v) is 4.89. The van der Waals surface area contributed by atoms with Crippen LogP contribution in [0.5, 0.6) is 0 Å². The first-order valence-corrected chi connectivity index (χ1v) is 11.8. The van der Waals surface area contributed by atoms with Gasteiger partial charge in [0.25, 0.3) is 0 Å². The lowest BCUT2D eigenvalue weighted by Crippen LogP contribution is -2.62. The SMILES string of the molecule is CC1(C)O[C@@H]2[C@@H](CO[C@@]3(COC(=O)[N+](C)(OS(N)(=O)=O)c4ccccc4)OC(C)(C)O[C@@H]23)O1. The zero-order valence-electron chi connectivity index (χ0n) is 19.0. The minimum Gasteiger partial charge on any atom is -0.412 e. The molecule has 3 aliphatic heterocycles. The molecule has 0 aromatic heterocycles. The molecular formula is C20H29N2O10S+. The van der Waals surface area contributed by atoms with Crippen molar-refractivity contribution in [2.24, 2.45) is 5.14 Å². The summed E-state index contributed by atoms with van der Waals surface area (Å²) in [6, 6.07) is 7.92. The van der Waals surface area contributed by atoms with Crippen LogP contribution in [0.25, 0.3) is 0 Å². The first-order valence-electron chi connectivity index (χ1n) is 10.4. The third kappa shape index (κ3) is 4.78. The predicted molar refractivity (Wildman–Crippen MR) is 112 cm³/mol. The van der Waals surface area contributed by atoms with E-state index in [9.17, 15) is 13.2 Å². The number of nitrogens with two attached hydrogens (primary N) is 1. The maximum Gasteiger partial charge on any atom is 0.556 e. The van der Waals surface area contributed by atoms with Crippen molar-refractivity contribution in [2.45, 2.75) is 63.4 Å². The van der Waals surface area contributed by atoms with Gasteiger partial charge in [-0.25, -0.2) is 5.14 Å². The lowest BCUT2D eigenvalue weighted by Gasteiger charge is -2.40. The van der Waals surface area contributed by atoms with E-state index in [1.54, 1.807) is 45.9 Å². The van der Waals surface area contributed by atoms with Crippen molar-refractivity contribution in [1.29, 1.82) is 0 Å². The van der Waals surface area contributed by atoms with Gasteiger partial charge in [0.2, 0.25) is 5.79 Å². The van der Waals surface area contributed by atoms with E-state index in [1.165, 1.54) is 19.2 Å². The van der Waals surface area contributed by atoms with Crippen LogP contribution in [0.4, 0.5) is 10.5 Å². The molecule has 1 aromatic rings. The number of quaternary nitrogens is 1. The Kier molecular flexibility index (Phi) is 5.88. The zero-order valence-corrected chi connectivity index (χ0v) is 19.9. The third-order valence-electron chi connectivity index (χ3n) is 5.52. The number of amides is 1. The molecule has 3 heterocycles. The number of nitrogens with zero attached hydrogens (tertiary/aromatic N) is 1. The van der Waals surface area contributed by atoms with Gasteiger partial charge in [-0.2, -0.15) is 13.2 Å². The van der Waals surface area contributed by atoms with Gasteiger partial charge in [0.15, 0.2) is 23.9 Å². The Balaban J connectivity index is 1.59. The zero-order chi connectivity index (χ0) is 24.3. The summed E-state index contributed by atoms with van der Waals surface area (Å²) in [4.78, 5) is 13.2. The van der Waals surface area contributed by atoms with Crippen LogP contribution < -0.4 is 9.79 Å². The molecule has 13 heteroatoms. The van der Waals surface area contributed by atoms with Crippen molar-refractivity contribution in [2.75, 3.05) is 20.3 Å². The molecule has 1 amide bonds. The summed E-state index contributed by atoms with van der Waals surface area (Å²) in [7, 11) is -3.34. The Hall–Kier alpha value is -1.68. The highest BCUT2D eigenvalue weighted by atomic mass is 32.2. The maximum atomic E-state index is 13.2. The fourth-order valence-electron chi connectivity index (χ4n) is 4.33. The average Bonchev–Trinajstić information content (AvgIpc) is 3.16. The minimum atomic E-state index is -4.53. The first-order chi connectivity index (χ1) is 15.1. The van der Waals surface area contributed by atoms with Crippen molar-refractivity contribution >= 4 is 22.1 Å². The van der Waals surface area contributed by atoms with E-state index in [-0.39, 0.29) is 12.3 Å². The summed E-state index contributed by atoms with van der Waals surface area (Å²) in [5, 5.41) is 5.07. The van der Waals surface area contributed by atoms with Crippen LogP contribution in [0.1, 0.15) is 27.7 Å². The van der Waals surface area contributed by atoms with Gasteiger partial charge in [0, 0.05) is 12.1 Å². The monoisotopic (exact) mass is 489 g/mol. The Morgan fingerprint density at radius 2 is 1.79 bits per heavy atom. The highest BCUT2D eigenvalue weighted by molar-refractivity contribution is 7.84. The number of fused-ring (bicyclic) bond motifs is 3. The van der Waals surface area contributed by atoms with Crippen molar-refractivity contribution in [3.63, 3.8) is 0 Å². The molecule has 0 aliphatic carbocycles. The van der Waals surface area contributed by atoms with Crippen molar-refractivity contribution < 1.29 is 45.9 Å². The largest absolute Gasteiger partial charge is 0.556 e. The Morgan fingerprint density at radius 3 is 2.42 bits per heavy atom. The van der Waals surface area contributed by atoms with Gasteiger partial charge in [-0.05, 0) is 36.6 Å². The molecule has 0 bridgehead atoms. The van der Waals surface area contributed by atoms with Gasteiger partial charge in [-0.1, -0.05) is 18.2 Å². The van der Waals surface area contributed by atoms with E-state index in [4.69, 9.17) is 37.8 Å². The molecule has 0 saturated carbocycles. The molecule has 0 radical (unpaired) electrons. The van der Waals surface area contributed by atoms with E-state index in [1.807, 2.05) is 0 Å². The number of ether oxygens (including phenoxy) is 6. The smallest absolute Gasteiger partial charge is 0.412 e. The second-order valence-corrected chi connectivity index (χ2v) is 10.3. The van der Waals surface area contributed by atoms with E-state index in [0.717, 1.165) is 0 Å². The summed E-state index contributed by atoms with van der Waals surface area (Å²) in [6.07, 6.45) is -2.78. The van der Waals surface area contributed by atoms with Gasteiger partial charge < -0.3 is 28.4 Å². The molecule has 184 valence electrons. The van der Waals surface area contributed by atoms with Crippen LogP contribution in [-0.4, -0.2) is 70.4 Å². The van der Waals surface area contributed by atoms with Gasteiger partial charge in [0.1, 0.15) is 25.4 Å². The minimum absolute atomic E-state index is 0.111. The number of hydrogen-bond donors (Lipinski definition) is 1. The lowest BCUT2D eigenvalue weighted by atomic mass is 9.97. The number of para-hydroxylation sites is 1. The summed E-state index contributed by atoms with van der Waals surface area (Å²) >= 11 is 0. The van der Waals surface area contributed by atoms with Gasteiger partial charge >= 0.3 is 16.4 Å². The molecule has 0 spiro atoms. The summed E-state index contributed by atoms with van der Waals surface area (Å²) in [6.45, 7) is 6.63. The second kappa shape index (κ2) is 7.93. The van der Waals surface area contributed by atoms with E-state index >= 15 is 0 Å². The molecule has 3 saturated heterocycles. The van der Waals surface area contributed by atoms with Crippen molar-refractivity contribution in [1.82, 2.24) is 4.65 Å². The summed E-state index contributed by atoms with van der Waals surface area (Å²) < 4.78 is 62.6. The Bertz CT molecular complexity index is 1020. The standard InChI is InChI=1S/C20H29N2O10S/c1-18(2)28-14-11-27-20(16(15(14)29-18)30-19(3,4)31-20)12-26-17(23)22(5,32-33(21,24)25)13-9-7-6-8-10-13/h6-10,14-16H,11-12H2,1-5H3,(H2,21,24,25)/q+1/t14-,15-,16+,20+,22?/m1/s1. The Morgan fingerprint density at radius 1 is 1.12 bits per heavy atom. The van der Waals surface area contributed by atoms with Crippen LogP contribution in [-0.2, 0) is 43.0 Å². The van der Waals surface area contributed by atoms with E-state index < -0.39 is 63.3 Å². The maximum absolute atomic E-state index is 13.2. The number of carbonyl (C=O) groups is 1. The van der Waals surface area contributed by atoms with Crippen molar-refractivity contribution in [3.8, 4) is 0 Å². The van der Waals surface area contributed by atoms with Gasteiger partial charge in [0.05, 0.1) is 6.61 Å². The molecule has 3 fully saturated rings. The number of rotatable bonds is 5. The molecule has 3 aliphatic rings. The molecular weight excluding hydrogens is 460 g/mol. The Labute approximate surface area is 192 Å². The number of hydrogen-bond acceptors (Lipinski definition) is 10. The second-order valence-electron chi connectivity index (χ2n) is 9.18. The van der Waals surface area contributed by atoms with E-state index in [2.05, 4.69) is 0 Å². The normalized spacial score (nSPS) is 34.2. The molecule has 4 rings (SSSR count). The van der Waals surface area contributed by atoms with Crippen LogP contribution in [0.3, 0.4) is 0 Å². The van der Waals surface area contributed by atoms with Gasteiger partial charge in [-0.3, -0.25) is 0 Å². The third-order valence-corrected chi connectivity index (χ3v) is 6.03. The number of carbonyl (C=O) groups excluding carboxylic acids is 1. The number of benzene rings is 1. The van der Waals surface area contributed by atoms with Crippen LogP contribution in [0, 0.1) is 0 Å². The lowest BCUT2D eigenvalue weighted by molar-refractivity contribution is -0.294. The van der Waals surface area contributed by atoms with Gasteiger partial charge in [-0.15, -0.1) is 0 Å². The molecule has 5 atom stereocenters. The highest BCUT2D eigenvalue weighted by Crippen LogP contribution is 2.47. The van der Waals surface area contributed by atoms with Crippen LogP contribution in [0.15, 0.2) is 30.3 Å². The summed E-state index contributed by atoms with van der Waals surface area (Å²) in [5.74, 6) is -3.43. The first kappa shape index (κ1) is 24.4. The van der Waals surface area contributed by atoms with Crippen LogP contribution in [0.2, 0.25) is 0 Å². The van der Waals surface area contributed by atoms with Crippen molar-refractivity contribution in [3.05, 3.63) is 30.3 Å². The molecule has 33 heavy (non-hydrogen) atoms. The molecule has 1 aromatic carbocycles. The van der Waals surface area contributed by atoms with E-state index in [0.29, 0.717) is 0 Å².